The number of ether oxygens (including phenoxy) is 1. The largest absolute Gasteiger partial charge is 0.508 e. The molecule has 0 unspecified atom stereocenters. The molecule has 0 heterocycles. The molecule has 0 aromatic heterocycles. The highest BCUT2D eigenvalue weighted by Crippen LogP contribution is 2.63. The standard InChI is InChI=1S/C38H48FNO4/c1-24(41)40(34-16-12-25-9-6-7-11-29(25)31(34)18-20-44-3)19-8-4-5-10-26-21-27-22-28(42)13-14-30(27)37-33(39)23-38(2)32(36(26)37)15-17-35(38)43/h6-7,9,11-14,16,22,26,32-33,35-37,42-43H,4-5,8,10,15,17-21,23H2,1-3H3/t26-,32+,33+,35+,36+,37+,38+/m1/s1. The van der Waals surface area contributed by atoms with Crippen LogP contribution >= 0.6 is 0 Å². The number of amides is 1. The lowest BCUT2D eigenvalue weighted by Gasteiger charge is -2.54. The fraction of sp³-hybridized carbons (Fsp3) is 0.553. The molecule has 3 aliphatic carbocycles. The average molecular weight is 602 g/mol. The molecule has 0 radical (unpaired) electrons. The number of methoxy groups -OCH3 is 1. The zero-order chi connectivity index (χ0) is 31.0. The number of anilines is 1. The van der Waals surface area contributed by atoms with Gasteiger partial charge in [0.2, 0.25) is 5.91 Å². The first-order valence-electron chi connectivity index (χ1n) is 16.6. The minimum Gasteiger partial charge on any atom is -0.508 e. The summed E-state index contributed by atoms with van der Waals surface area (Å²) >= 11 is 0. The molecule has 2 saturated carbocycles. The molecule has 3 aromatic rings. The Kier molecular flexibility index (Phi) is 9.03. The fourth-order valence-electron chi connectivity index (χ4n) is 9.38. The summed E-state index contributed by atoms with van der Waals surface area (Å²) in [4.78, 5) is 14.9. The Morgan fingerprint density at radius 3 is 2.70 bits per heavy atom. The second-order valence-corrected chi connectivity index (χ2v) is 13.9. The van der Waals surface area contributed by atoms with Gasteiger partial charge in [-0.05, 0) is 114 Å². The molecule has 0 spiro atoms. The maximum absolute atomic E-state index is 16.1. The molecule has 1 amide bonds. The van der Waals surface area contributed by atoms with Gasteiger partial charge < -0.3 is 19.8 Å². The van der Waals surface area contributed by atoms with Crippen LogP contribution in [0.3, 0.4) is 0 Å². The topological polar surface area (TPSA) is 70.0 Å². The number of carbonyl (C=O) groups is 1. The van der Waals surface area contributed by atoms with Crippen LogP contribution < -0.4 is 4.90 Å². The third-order valence-corrected chi connectivity index (χ3v) is 11.5. The summed E-state index contributed by atoms with van der Waals surface area (Å²) in [6, 6.07) is 18.0. The SMILES string of the molecule is COCCc1c(N(CCCCC[C@@H]2Cc3cc(O)ccc3[C@@H]3[C@@H]2[C@@H]2CC[C@H](O)[C@@]2(C)C[C@@H]3F)C(C)=O)ccc2ccccc12. The van der Waals surface area contributed by atoms with Crippen molar-refractivity contribution >= 4 is 22.4 Å². The van der Waals surface area contributed by atoms with E-state index in [1.807, 2.05) is 29.2 Å². The smallest absolute Gasteiger partial charge is 0.223 e. The molecular weight excluding hydrogens is 553 g/mol. The van der Waals surface area contributed by atoms with Crippen LogP contribution in [-0.2, 0) is 22.4 Å². The van der Waals surface area contributed by atoms with Crippen molar-refractivity contribution in [2.45, 2.75) is 89.8 Å². The molecule has 3 aromatic carbocycles. The van der Waals surface area contributed by atoms with Gasteiger partial charge in [0, 0.05) is 32.2 Å². The van der Waals surface area contributed by atoms with E-state index in [9.17, 15) is 15.0 Å². The van der Waals surface area contributed by atoms with Gasteiger partial charge in [-0.2, -0.15) is 0 Å². The number of fused-ring (bicyclic) bond motifs is 6. The maximum Gasteiger partial charge on any atom is 0.223 e. The monoisotopic (exact) mass is 601 g/mol. The second-order valence-electron chi connectivity index (χ2n) is 13.9. The van der Waals surface area contributed by atoms with Crippen LogP contribution in [0.5, 0.6) is 5.75 Å². The average Bonchev–Trinajstić information content (AvgIpc) is 3.30. The number of halogens is 1. The summed E-state index contributed by atoms with van der Waals surface area (Å²) in [5, 5.41) is 23.5. The molecule has 44 heavy (non-hydrogen) atoms. The summed E-state index contributed by atoms with van der Waals surface area (Å²) in [7, 11) is 1.71. The van der Waals surface area contributed by atoms with E-state index in [2.05, 4.69) is 31.2 Å². The molecule has 6 heteroatoms. The van der Waals surface area contributed by atoms with Crippen molar-refractivity contribution < 1.29 is 24.1 Å². The van der Waals surface area contributed by atoms with E-state index in [1.165, 1.54) is 0 Å². The Labute approximate surface area is 261 Å². The van der Waals surface area contributed by atoms with Crippen molar-refractivity contribution in [1.82, 2.24) is 0 Å². The molecule has 0 saturated heterocycles. The quantitative estimate of drug-likeness (QED) is 0.233. The molecule has 5 nitrogen and oxygen atoms in total. The minimum atomic E-state index is -0.988. The molecular formula is C38H48FNO4. The molecule has 3 aliphatic rings. The summed E-state index contributed by atoms with van der Waals surface area (Å²) in [5.41, 5.74) is 3.90. The van der Waals surface area contributed by atoms with E-state index in [0.717, 1.165) is 84.5 Å². The fourth-order valence-corrected chi connectivity index (χ4v) is 9.38. The van der Waals surface area contributed by atoms with Gasteiger partial charge in [-0.25, -0.2) is 4.39 Å². The predicted octanol–water partition coefficient (Wildman–Crippen LogP) is 7.74. The Hall–Kier alpha value is -2.96. The number of phenolic OH excluding ortho intramolecular Hbond substituents is 1. The zero-order valence-electron chi connectivity index (χ0n) is 26.5. The van der Waals surface area contributed by atoms with Gasteiger partial charge >= 0.3 is 0 Å². The Balaban J connectivity index is 1.17. The van der Waals surface area contributed by atoms with Crippen molar-refractivity contribution in [3.63, 3.8) is 0 Å². The molecule has 2 N–H and O–H groups in total. The van der Waals surface area contributed by atoms with Gasteiger partial charge in [0.05, 0.1) is 12.7 Å². The van der Waals surface area contributed by atoms with E-state index in [1.54, 1.807) is 20.1 Å². The Bertz CT molecular complexity index is 1490. The number of benzene rings is 3. The highest BCUT2D eigenvalue weighted by atomic mass is 19.1. The number of rotatable bonds is 10. The van der Waals surface area contributed by atoms with Gasteiger partial charge in [0.25, 0.3) is 0 Å². The van der Waals surface area contributed by atoms with Gasteiger partial charge in [-0.15, -0.1) is 0 Å². The number of aromatic hydroxyl groups is 1. The van der Waals surface area contributed by atoms with Gasteiger partial charge in [0.1, 0.15) is 11.9 Å². The number of aliphatic hydroxyl groups is 1. The Morgan fingerprint density at radius 1 is 1.09 bits per heavy atom. The molecule has 0 bridgehead atoms. The first kappa shape index (κ1) is 31.0. The normalized spacial score (nSPS) is 29.2. The number of nitrogens with zero attached hydrogens (tertiary/aromatic N) is 1. The summed E-state index contributed by atoms with van der Waals surface area (Å²) in [6.07, 6.45) is 6.15. The van der Waals surface area contributed by atoms with E-state index in [4.69, 9.17) is 4.74 Å². The lowest BCUT2D eigenvalue weighted by molar-refractivity contribution is -0.116. The third-order valence-electron chi connectivity index (χ3n) is 11.5. The maximum atomic E-state index is 16.1. The number of alkyl halides is 1. The third kappa shape index (κ3) is 5.64. The van der Waals surface area contributed by atoms with E-state index in [-0.39, 0.29) is 28.9 Å². The van der Waals surface area contributed by atoms with Crippen molar-refractivity contribution in [2.24, 2.45) is 23.2 Å². The predicted molar refractivity (Wildman–Crippen MR) is 174 cm³/mol. The summed E-state index contributed by atoms with van der Waals surface area (Å²) < 4.78 is 21.5. The zero-order valence-corrected chi connectivity index (χ0v) is 26.5. The number of hydrogen-bond acceptors (Lipinski definition) is 4. The van der Waals surface area contributed by atoms with E-state index in [0.29, 0.717) is 31.4 Å². The van der Waals surface area contributed by atoms with Crippen LogP contribution in [0.4, 0.5) is 10.1 Å². The number of phenols is 1. The number of unbranched alkanes of at least 4 members (excludes halogenated alkanes) is 2. The van der Waals surface area contributed by atoms with Gasteiger partial charge in [-0.1, -0.05) is 56.2 Å². The van der Waals surface area contributed by atoms with Crippen molar-refractivity contribution in [1.29, 1.82) is 0 Å². The minimum absolute atomic E-state index is 0.0424. The van der Waals surface area contributed by atoms with Gasteiger partial charge in [-0.3, -0.25) is 4.79 Å². The molecule has 0 aliphatic heterocycles. The van der Waals surface area contributed by atoms with Crippen molar-refractivity contribution in [3.8, 4) is 5.75 Å². The van der Waals surface area contributed by atoms with Crippen LogP contribution in [0.2, 0.25) is 0 Å². The highest BCUT2D eigenvalue weighted by molar-refractivity contribution is 5.98. The summed E-state index contributed by atoms with van der Waals surface area (Å²) in [6.45, 7) is 5.01. The van der Waals surface area contributed by atoms with Crippen LogP contribution in [0.1, 0.15) is 81.4 Å². The van der Waals surface area contributed by atoms with Crippen LogP contribution in [-0.4, -0.2) is 48.7 Å². The first-order valence-corrected chi connectivity index (χ1v) is 16.6. The number of carbonyl (C=O) groups excluding carboxylic acids is 1. The lowest BCUT2D eigenvalue weighted by atomic mass is 9.51. The highest BCUT2D eigenvalue weighted by Gasteiger charge is 2.59. The van der Waals surface area contributed by atoms with Gasteiger partial charge in [0.15, 0.2) is 0 Å². The van der Waals surface area contributed by atoms with Crippen LogP contribution in [0.25, 0.3) is 10.8 Å². The number of aliphatic hydroxyl groups excluding tert-OH is 1. The molecule has 6 rings (SSSR count). The lowest BCUT2D eigenvalue weighted by Crippen LogP contribution is -2.51. The molecule has 236 valence electrons. The Morgan fingerprint density at radius 2 is 1.91 bits per heavy atom. The van der Waals surface area contributed by atoms with E-state index < -0.39 is 12.3 Å². The van der Waals surface area contributed by atoms with Crippen molar-refractivity contribution in [2.75, 3.05) is 25.2 Å². The van der Waals surface area contributed by atoms with E-state index >= 15 is 4.39 Å². The summed E-state index contributed by atoms with van der Waals surface area (Å²) in [5.74, 6) is 0.949. The second kappa shape index (κ2) is 12.8. The molecule has 7 atom stereocenters. The van der Waals surface area contributed by atoms with Crippen LogP contribution in [0.15, 0.2) is 54.6 Å². The number of hydrogen-bond donors (Lipinski definition) is 2. The van der Waals surface area contributed by atoms with Crippen LogP contribution in [0, 0.1) is 23.2 Å². The first-order chi connectivity index (χ1) is 21.2. The van der Waals surface area contributed by atoms with Crippen molar-refractivity contribution in [3.05, 3.63) is 71.3 Å². The molecule has 2 fully saturated rings.